The van der Waals surface area contributed by atoms with E-state index < -0.39 is 21.8 Å². The van der Waals surface area contributed by atoms with Crippen LogP contribution in [0.25, 0.3) is 0 Å². The van der Waals surface area contributed by atoms with Gasteiger partial charge in [-0.2, -0.15) is 17.5 Å². The number of hydrogen-bond donors (Lipinski definition) is 0. The van der Waals surface area contributed by atoms with E-state index in [1.807, 2.05) is 19.9 Å². The zero-order valence-electron chi connectivity index (χ0n) is 16.0. The third-order valence-corrected chi connectivity index (χ3v) is 7.09. The lowest BCUT2D eigenvalue weighted by molar-refractivity contribution is -0.137. The molecule has 3 rings (SSSR count). The monoisotopic (exact) mass is 426 g/mol. The zero-order valence-corrected chi connectivity index (χ0v) is 16.8. The molecule has 1 heterocycles. The Bertz CT molecular complexity index is 1010. The lowest BCUT2D eigenvalue weighted by Gasteiger charge is -2.34. The third kappa shape index (κ3) is 4.30. The van der Waals surface area contributed by atoms with Crippen LogP contribution in [0.3, 0.4) is 0 Å². The molecule has 0 unspecified atom stereocenters. The molecule has 5 nitrogen and oxygen atoms in total. The topological polar surface area (TPSA) is 57.7 Å². The molecule has 1 amide bonds. The van der Waals surface area contributed by atoms with Crippen LogP contribution in [0.2, 0.25) is 0 Å². The fraction of sp³-hybridized carbons (Fsp3) is 0.350. The Balaban J connectivity index is 1.71. The lowest BCUT2D eigenvalue weighted by Crippen LogP contribution is -2.50. The number of nitrogens with zero attached hydrogens (tertiary/aromatic N) is 2. The first-order chi connectivity index (χ1) is 13.5. The van der Waals surface area contributed by atoms with E-state index >= 15 is 0 Å². The number of sulfonamides is 1. The quantitative estimate of drug-likeness (QED) is 0.755. The summed E-state index contributed by atoms with van der Waals surface area (Å²) >= 11 is 0. The van der Waals surface area contributed by atoms with Crippen molar-refractivity contribution in [3.63, 3.8) is 0 Å². The SMILES string of the molecule is Cc1cccc(C(=O)N2CCN(S(=O)(=O)c3ccc(C(F)(F)F)cc3)CC2)c1C. The molecule has 0 radical (unpaired) electrons. The highest BCUT2D eigenvalue weighted by atomic mass is 32.2. The average molecular weight is 426 g/mol. The van der Waals surface area contributed by atoms with Gasteiger partial charge in [0.2, 0.25) is 10.0 Å². The van der Waals surface area contributed by atoms with Crippen LogP contribution in [-0.4, -0.2) is 49.7 Å². The van der Waals surface area contributed by atoms with Crippen molar-refractivity contribution in [2.75, 3.05) is 26.2 Å². The summed E-state index contributed by atoms with van der Waals surface area (Å²) < 4.78 is 64.7. The van der Waals surface area contributed by atoms with Crippen molar-refractivity contribution >= 4 is 15.9 Å². The van der Waals surface area contributed by atoms with Crippen LogP contribution in [0.15, 0.2) is 47.4 Å². The minimum atomic E-state index is -4.53. The molecule has 0 aliphatic carbocycles. The molecule has 0 N–H and O–H groups in total. The van der Waals surface area contributed by atoms with Gasteiger partial charge in [-0.1, -0.05) is 12.1 Å². The van der Waals surface area contributed by atoms with E-state index in [2.05, 4.69) is 0 Å². The molecule has 156 valence electrons. The van der Waals surface area contributed by atoms with E-state index in [1.54, 1.807) is 17.0 Å². The Morgan fingerprint density at radius 1 is 0.931 bits per heavy atom. The number of carbonyl (C=O) groups is 1. The van der Waals surface area contributed by atoms with Crippen molar-refractivity contribution in [1.29, 1.82) is 0 Å². The third-order valence-electron chi connectivity index (χ3n) is 5.18. The molecule has 0 atom stereocenters. The highest BCUT2D eigenvalue weighted by Gasteiger charge is 2.33. The second-order valence-corrected chi connectivity index (χ2v) is 8.90. The molecular formula is C20H21F3N2O3S. The summed E-state index contributed by atoms with van der Waals surface area (Å²) in [5.74, 6) is -0.155. The van der Waals surface area contributed by atoms with Crippen molar-refractivity contribution in [1.82, 2.24) is 9.21 Å². The largest absolute Gasteiger partial charge is 0.416 e. The fourth-order valence-electron chi connectivity index (χ4n) is 3.25. The molecule has 1 aliphatic heterocycles. The number of aryl methyl sites for hydroxylation is 1. The van der Waals surface area contributed by atoms with Crippen molar-refractivity contribution in [2.24, 2.45) is 0 Å². The summed E-state index contributed by atoms with van der Waals surface area (Å²) in [5, 5.41) is 0. The smallest absolute Gasteiger partial charge is 0.336 e. The molecule has 0 saturated carbocycles. The highest BCUT2D eigenvalue weighted by Crippen LogP contribution is 2.30. The maximum absolute atomic E-state index is 12.8. The van der Waals surface area contributed by atoms with E-state index in [-0.39, 0.29) is 37.0 Å². The second-order valence-electron chi connectivity index (χ2n) is 6.97. The molecule has 1 saturated heterocycles. The fourth-order valence-corrected chi connectivity index (χ4v) is 4.67. The number of halogens is 3. The van der Waals surface area contributed by atoms with E-state index in [0.29, 0.717) is 5.56 Å². The Morgan fingerprint density at radius 3 is 2.07 bits per heavy atom. The average Bonchev–Trinajstić information content (AvgIpc) is 2.69. The Morgan fingerprint density at radius 2 is 1.52 bits per heavy atom. The highest BCUT2D eigenvalue weighted by molar-refractivity contribution is 7.89. The van der Waals surface area contributed by atoms with Gasteiger partial charge in [0.1, 0.15) is 0 Å². The van der Waals surface area contributed by atoms with Gasteiger partial charge in [0.15, 0.2) is 0 Å². The summed E-state index contributed by atoms with van der Waals surface area (Å²) in [7, 11) is -3.92. The maximum atomic E-state index is 12.8. The standard InChI is InChI=1S/C20H21F3N2O3S/c1-14-4-3-5-18(15(14)2)19(26)24-10-12-25(13-11-24)29(27,28)17-8-6-16(7-9-17)20(21,22)23/h3-9H,10-13H2,1-2H3. The minimum Gasteiger partial charge on any atom is -0.336 e. The predicted octanol–water partition coefficient (Wildman–Crippen LogP) is 3.47. The van der Waals surface area contributed by atoms with Crippen molar-refractivity contribution in [3.05, 3.63) is 64.7 Å². The molecule has 1 aliphatic rings. The predicted molar refractivity (Wildman–Crippen MR) is 102 cm³/mol. The minimum absolute atomic E-state index is 0.0833. The number of rotatable bonds is 3. The number of alkyl halides is 3. The molecular weight excluding hydrogens is 405 g/mol. The van der Waals surface area contributed by atoms with Gasteiger partial charge in [-0.3, -0.25) is 4.79 Å². The van der Waals surface area contributed by atoms with Crippen LogP contribution in [-0.2, 0) is 16.2 Å². The van der Waals surface area contributed by atoms with Crippen LogP contribution < -0.4 is 0 Å². The van der Waals surface area contributed by atoms with E-state index in [9.17, 15) is 26.4 Å². The number of carbonyl (C=O) groups excluding carboxylic acids is 1. The summed E-state index contributed by atoms with van der Waals surface area (Å²) in [6.07, 6.45) is -4.53. The van der Waals surface area contributed by atoms with Crippen LogP contribution in [0.1, 0.15) is 27.0 Å². The Hall–Kier alpha value is -2.39. The van der Waals surface area contributed by atoms with Crippen LogP contribution >= 0.6 is 0 Å². The zero-order chi connectivity index (χ0) is 21.4. The van der Waals surface area contributed by atoms with Gasteiger partial charge >= 0.3 is 6.18 Å². The molecule has 9 heteroatoms. The molecule has 0 bridgehead atoms. The summed E-state index contributed by atoms with van der Waals surface area (Å²) in [5.41, 5.74) is 1.57. The molecule has 2 aromatic rings. The van der Waals surface area contributed by atoms with Gasteiger partial charge in [0.25, 0.3) is 5.91 Å². The number of benzene rings is 2. The molecule has 1 fully saturated rings. The first-order valence-corrected chi connectivity index (χ1v) is 10.5. The van der Waals surface area contributed by atoms with Gasteiger partial charge in [-0.15, -0.1) is 0 Å². The van der Waals surface area contributed by atoms with Crippen molar-refractivity contribution in [3.8, 4) is 0 Å². The summed E-state index contributed by atoms with van der Waals surface area (Å²) in [6, 6.07) is 8.91. The normalized spacial score (nSPS) is 16.1. The van der Waals surface area contributed by atoms with E-state index in [0.717, 1.165) is 35.4 Å². The van der Waals surface area contributed by atoms with Crippen molar-refractivity contribution < 1.29 is 26.4 Å². The van der Waals surface area contributed by atoms with Gasteiger partial charge in [0.05, 0.1) is 10.5 Å². The van der Waals surface area contributed by atoms with Gasteiger partial charge < -0.3 is 4.90 Å². The van der Waals surface area contributed by atoms with Gasteiger partial charge in [0, 0.05) is 31.7 Å². The van der Waals surface area contributed by atoms with Gasteiger partial charge in [-0.25, -0.2) is 8.42 Å². The number of amides is 1. The maximum Gasteiger partial charge on any atom is 0.416 e. The van der Waals surface area contributed by atoms with Crippen LogP contribution in [0, 0.1) is 13.8 Å². The lowest BCUT2D eigenvalue weighted by atomic mass is 10.0. The number of piperazine rings is 1. The van der Waals surface area contributed by atoms with Gasteiger partial charge in [-0.05, 0) is 55.3 Å². The summed E-state index contributed by atoms with van der Waals surface area (Å²) in [6.45, 7) is 4.38. The van der Waals surface area contributed by atoms with Crippen LogP contribution in [0.5, 0.6) is 0 Å². The second kappa shape index (κ2) is 7.79. The first-order valence-electron chi connectivity index (χ1n) is 9.05. The molecule has 0 spiro atoms. The van der Waals surface area contributed by atoms with Crippen molar-refractivity contribution in [2.45, 2.75) is 24.9 Å². The van der Waals surface area contributed by atoms with Crippen LogP contribution in [0.4, 0.5) is 13.2 Å². The molecule has 2 aromatic carbocycles. The molecule has 0 aromatic heterocycles. The van der Waals surface area contributed by atoms with E-state index in [4.69, 9.17) is 0 Å². The number of hydrogen-bond acceptors (Lipinski definition) is 3. The molecule has 29 heavy (non-hydrogen) atoms. The Kier molecular flexibility index (Phi) is 5.73. The van der Waals surface area contributed by atoms with E-state index in [1.165, 1.54) is 4.31 Å². The summed E-state index contributed by atoms with van der Waals surface area (Å²) in [4.78, 5) is 14.2. The first kappa shape index (κ1) is 21.3. The Labute approximate surface area is 167 Å².